The standard InChI is InChI=1S/C21H15ClO4/c22-12-5-3-4-11(10-12)19-17-14(8-9-15(17)23)18-20(26-19)13-6-1-2-7-16(13)25-21(18)24/h1-7,10,14,17,19H,8-9H2/t14-,17-,19-/m1/s1. The highest BCUT2D eigenvalue weighted by molar-refractivity contribution is 6.30. The van der Waals surface area contributed by atoms with Gasteiger partial charge in [-0.3, -0.25) is 4.79 Å². The van der Waals surface area contributed by atoms with Crippen molar-refractivity contribution in [3.63, 3.8) is 0 Å². The van der Waals surface area contributed by atoms with Gasteiger partial charge in [0, 0.05) is 17.4 Å². The average Bonchev–Trinajstić information content (AvgIpc) is 3.03. The van der Waals surface area contributed by atoms with E-state index in [1.807, 2.05) is 36.4 Å². The number of Topliss-reactive ketones (excluding diaryl/α,β-unsaturated/α-hetero) is 1. The summed E-state index contributed by atoms with van der Waals surface area (Å²) in [5.74, 6) is 0.0945. The molecule has 4 nitrogen and oxygen atoms in total. The first-order valence-corrected chi connectivity index (χ1v) is 9.02. The van der Waals surface area contributed by atoms with Crippen LogP contribution in [0.5, 0.6) is 5.75 Å². The summed E-state index contributed by atoms with van der Waals surface area (Å²) in [6.07, 6.45) is 0.632. The molecule has 130 valence electrons. The maximum Gasteiger partial charge on any atom is 0.343 e. The van der Waals surface area contributed by atoms with Crippen LogP contribution in [-0.2, 0) is 4.79 Å². The summed E-state index contributed by atoms with van der Waals surface area (Å²) in [4.78, 5) is 25.3. The number of fused-ring (bicyclic) bond motifs is 5. The van der Waals surface area contributed by atoms with Gasteiger partial charge < -0.3 is 9.15 Å². The zero-order valence-corrected chi connectivity index (χ0v) is 14.5. The summed E-state index contributed by atoms with van der Waals surface area (Å²) in [5.41, 5.74) is 1.43. The molecule has 0 saturated heterocycles. The van der Waals surface area contributed by atoms with E-state index in [1.165, 1.54) is 0 Å². The lowest BCUT2D eigenvalue weighted by molar-refractivity contribution is -0.124. The van der Waals surface area contributed by atoms with Crippen LogP contribution in [0.4, 0.5) is 0 Å². The molecule has 1 aliphatic heterocycles. The molecule has 3 aromatic rings. The monoisotopic (exact) mass is 366 g/mol. The van der Waals surface area contributed by atoms with E-state index in [0.717, 1.165) is 10.9 Å². The van der Waals surface area contributed by atoms with Gasteiger partial charge in [-0.15, -0.1) is 0 Å². The second-order valence-corrected chi connectivity index (χ2v) is 7.30. The van der Waals surface area contributed by atoms with E-state index in [-0.39, 0.29) is 17.6 Å². The number of benzene rings is 2. The number of hydrogen-bond acceptors (Lipinski definition) is 4. The third-order valence-corrected chi connectivity index (χ3v) is 5.66. The number of carbonyl (C=O) groups is 1. The molecule has 2 heterocycles. The number of para-hydroxylation sites is 1. The highest BCUT2D eigenvalue weighted by atomic mass is 35.5. The van der Waals surface area contributed by atoms with Gasteiger partial charge in [-0.2, -0.15) is 0 Å². The minimum Gasteiger partial charge on any atom is -0.484 e. The summed E-state index contributed by atoms with van der Waals surface area (Å²) >= 11 is 6.16. The van der Waals surface area contributed by atoms with Crippen molar-refractivity contribution in [2.24, 2.45) is 5.92 Å². The molecule has 1 fully saturated rings. The maximum absolute atomic E-state index is 12.6. The Kier molecular flexibility index (Phi) is 3.44. The Balaban J connectivity index is 1.77. The van der Waals surface area contributed by atoms with Crippen molar-refractivity contribution in [1.82, 2.24) is 0 Å². The fraction of sp³-hybridized carbons (Fsp3) is 0.238. The van der Waals surface area contributed by atoms with Crippen molar-refractivity contribution in [3.05, 3.63) is 75.1 Å². The first kappa shape index (κ1) is 15.6. The SMILES string of the molecule is O=C1CC[C@H]2c3c(c4ccccc4oc3=O)O[C@H](c3cccc(Cl)c3)[C@@H]12. The van der Waals surface area contributed by atoms with Crippen LogP contribution in [0.2, 0.25) is 5.02 Å². The lowest BCUT2D eigenvalue weighted by Crippen LogP contribution is -2.33. The molecule has 5 heteroatoms. The molecule has 0 amide bonds. The fourth-order valence-corrected chi connectivity index (χ4v) is 4.51. The molecule has 1 saturated carbocycles. The molecular weight excluding hydrogens is 352 g/mol. The van der Waals surface area contributed by atoms with E-state index in [4.69, 9.17) is 20.8 Å². The van der Waals surface area contributed by atoms with Crippen LogP contribution in [0.1, 0.15) is 36.0 Å². The molecule has 3 atom stereocenters. The van der Waals surface area contributed by atoms with E-state index in [1.54, 1.807) is 12.1 Å². The van der Waals surface area contributed by atoms with Gasteiger partial charge in [0.05, 0.1) is 16.9 Å². The Morgan fingerprint density at radius 1 is 1.04 bits per heavy atom. The first-order valence-electron chi connectivity index (χ1n) is 8.64. The second-order valence-electron chi connectivity index (χ2n) is 6.86. The minimum absolute atomic E-state index is 0.123. The predicted octanol–water partition coefficient (Wildman–Crippen LogP) is 4.64. The van der Waals surface area contributed by atoms with Crippen LogP contribution in [-0.4, -0.2) is 5.78 Å². The quantitative estimate of drug-likeness (QED) is 0.588. The van der Waals surface area contributed by atoms with E-state index in [9.17, 15) is 9.59 Å². The van der Waals surface area contributed by atoms with Crippen molar-refractivity contribution in [2.45, 2.75) is 24.9 Å². The average molecular weight is 367 g/mol. The van der Waals surface area contributed by atoms with Gasteiger partial charge in [0.15, 0.2) is 0 Å². The lowest BCUT2D eigenvalue weighted by atomic mass is 9.80. The van der Waals surface area contributed by atoms with Crippen molar-refractivity contribution in [3.8, 4) is 5.75 Å². The number of rotatable bonds is 1. The summed E-state index contributed by atoms with van der Waals surface area (Å²) in [5, 5.41) is 1.35. The molecule has 0 radical (unpaired) electrons. The van der Waals surface area contributed by atoms with Gasteiger partial charge in [-0.25, -0.2) is 4.79 Å². The fourth-order valence-electron chi connectivity index (χ4n) is 4.31. The van der Waals surface area contributed by atoms with Gasteiger partial charge in [-0.1, -0.05) is 35.9 Å². The van der Waals surface area contributed by atoms with Crippen LogP contribution >= 0.6 is 11.6 Å². The lowest BCUT2D eigenvalue weighted by Gasteiger charge is -2.35. The topological polar surface area (TPSA) is 56.5 Å². The number of carbonyl (C=O) groups excluding carboxylic acids is 1. The van der Waals surface area contributed by atoms with E-state index < -0.39 is 11.7 Å². The number of halogens is 1. The largest absolute Gasteiger partial charge is 0.484 e. The number of ether oxygens (including phenoxy) is 1. The van der Waals surface area contributed by atoms with E-state index in [0.29, 0.717) is 34.8 Å². The Bertz CT molecular complexity index is 1100. The molecule has 0 bridgehead atoms. The van der Waals surface area contributed by atoms with Gasteiger partial charge in [0.25, 0.3) is 0 Å². The Morgan fingerprint density at radius 2 is 1.88 bits per heavy atom. The Morgan fingerprint density at radius 3 is 2.73 bits per heavy atom. The Labute approximate surface area is 154 Å². The summed E-state index contributed by atoms with van der Waals surface area (Å²) in [6.45, 7) is 0. The highest BCUT2D eigenvalue weighted by Crippen LogP contribution is 2.53. The number of ketones is 1. The molecule has 0 unspecified atom stereocenters. The van der Waals surface area contributed by atoms with Crippen molar-refractivity contribution >= 4 is 28.4 Å². The van der Waals surface area contributed by atoms with Crippen molar-refractivity contribution in [1.29, 1.82) is 0 Å². The molecule has 1 aliphatic carbocycles. The zero-order valence-electron chi connectivity index (χ0n) is 13.8. The Hall–Kier alpha value is -2.59. The van der Waals surface area contributed by atoms with Crippen LogP contribution in [0, 0.1) is 5.92 Å². The normalized spacial score (nSPS) is 24.2. The zero-order chi connectivity index (χ0) is 17.8. The first-order chi connectivity index (χ1) is 12.6. The maximum atomic E-state index is 12.6. The molecule has 5 rings (SSSR count). The molecular formula is C21H15ClO4. The summed E-state index contributed by atoms with van der Waals surface area (Å²) in [6, 6.07) is 14.7. The molecule has 0 N–H and O–H groups in total. The van der Waals surface area contributed by atoms with Crippen molar-refractivity contribution < 1.29 is 13.9 Å². The number of hydrogen-bond donors (Lipinski definition) is 0. The van der Waals surface area contributed by atoms with E-state index >= 15 is 0 Å². The molecule has 2 aromatic carbocycles. The van der Waals surface area contributed by atoms with Crippen LogP contribution < -0.4 is 10.4 Å². The third kappa shape index (κ3) is 2.22. The predicted molar refractivity (Wildman–Crippen MR) is 97.8 cm³/mol. The van der Waals surface area contributed by atoms with E-state index in [2.05, 4.69) is 0 Å². The molecule has 2 aliphatic rings. The van der Waals surface area contributed by atoms with Crippen molar-refractivity contribution in [2.75, 3.05) is 0 Å². The van der Waals surface area contributed by atoms with Crippen LogP contribution in [0.3, 0.4) is 0 Å². The summed E-state index contributed by atoms with van der Waals surface area (Å²) < 4.78 is 11.8. The van der Waals surface area contributed by atoms with Gasteiger partial charge >= 0.3 is 5.63 Å². The molecule has 1 aromatic heterocycles. The summed E-state index contributed by atoms with van der Waals surface area (Å²) in [7, 11) is 0. The second kappa shape index (κ2) is 5.71. The van der Waals surface area contributed by atoms with Gasteiger partial charge in [0.1, 0.15) is 23.2 Å². The molecule has 26 heavy (non-hydrogen) atoms. The minimum atomic E-state index is -0.452. The van der Waals surface area contributed by atoms with Crippen LogP contribution in [0.25, 0.3) is 11.0 Å². The van der Waals surface area contributed by atoms with Crippen LogP contribution in [0.15, 0.2) is 57.7 Å². The van der Waals surface area contributed by atoms with Gasteiger partial charge in [-0.05, 0) is 36.2 Å². The smallest absolute Gasteiger partial charge is 0.343 e. The van der Waals surface area contributed by atoms with Gasteiger partial charge in [0.2, 0.25) is 0 Å². The molecule has 0 spiro atoms. The highest BCUT2D eigenvalue weighted by Gasteiger charge is 2.49. The third-order valence-electron chi connectivity index (χ3n) is 5.42.